The molecule has 0 aromatic heterocycles. The van der Waals surface area contributed by atoms with E-state index in [2.05, 4.69) is 4.90 Å². The molecule has 0 radical (unpaired) electrons. The molecule has 2 atom stereocenters. The summed E-state index contributed by atoms with van der Waals surface area (Å²) in [5.41, 5.74) is 0. The van der Waals surface area contributed by atoms with Crippen molar-refractivity contribution in [2.75, 3.05) is 31.3 Å². The Morgan fingerprint density at radius 2 is 2.26 bits per heavy atom. The molecule has 1 amide bonds. The molecule has 2 aliphatic rings. The number of ether oxygens (including phenoxy) is 1. The van der Waals surface area contributed by atoms with Crippen LogP contribution in [-0.2, 0) is 9.53 Å². The number of rotatable bonds is 7. The third-order valence-corrected chi connectivity index (χ3v) is 5.03. The SMILES string of the molecule is O=C(CCCCO)N(CC1CCCO1)C1CCSC1. The van der Waals surface area contributed by atoms with Gasteiger partial charge < -0.3 is 14.7 Å². The van der Waals surface area contributed by atoms with Crippen molar-refractivity contribution in [3.63, 3.8) is 0 Å². The molecule has 110 valence electrons. The average molecular weight is 287 g/mol. The van der Waals surface area contributed by atoms with Gasteiger partial charge in [-0.1, -0.05) is 0 Å². The molecule has 0 spiro atoms. The van der Waals surface area contributed by atoms with E-state index in [1.165, 1.54) is 0 Å². The summed E-state index contributed by atoms with van der Waals surface area (Å²) in [5.74, 6) is 2.48. The third kappa shape index (κ3) is 4.65. The van der Waals surface area contributed by atoms with E-state index < -0.39 is 0 Å². The number of nitrogens with zero attached hydrogens (tertiary/aromatic N) is 1. The van der Waals surface area contributed by atoms with E-state index in [-0.39, 0.29) is 18.6 Å². The van der Waals surface area contributed by atoms with Crippen LogP contribution >= 0.6 is 11.8 Å². The number of hydrogen-bond donors (Lipinski definition) is 1. The van der Waals surface area contributed by atoms with Crippen molar-refractivity contribution in [3.05, 3.63) is 0 Å². The minimum Gasteiger partial charge on any atom is -0.396 e. The lowest BCUT2D eigenvalue weighted by Gasteiger charge is -2.31. The number of unbranched alkanes of at least 4 members (excludes halogenated alkanes) is 1. The van der Waals surface area contributed by atoms with Gasteiger partial charge in [-0.15, -0.1) is 0 Å². The summed E-state index contributed by atoms with van der Waals surface area (Å²) >= 11 is 1.94. The van der Waals surface area contributed by atoms with Gasteiger partial charge in [-0.2, -0.15) is 11.8 Å². The first-order valence-electron chi connectivity index (χ1n) is 7.41. The first-order valence-corrected chi connectivity index (χ1v) is 8.56. The van der Waals surface area contributed by atoms with Crippen LogP contribution in [0, 0.1) is 0 Å². The maximum Gasteiger partial charge on any atom is 0.222 e. The van der Waals surface area contributed by atoms with Gasteiger partial charge in [0, 0.05) is 38.0 Å². The number of aliphatic hydroxyl groups excluding tert-OH is 1. The van der Waals surface area contributed by atoms with Gasteiger partial charge in [-0.3, -0.25) is 4.79 Å². The Morgan fingerprint density at radius 3 is 2.89 bits per heavy atom. The molecule has 2 heterocycles. The summed E-state index contributed by atoms with van der Waals surface area (Å²) in [6.07, 6.45) is 5.64. The normalized spacial score (nSPS) is 26.8. The zero-order chi connectivity index (χ0) is 13.5. The zero-order valence-corrected chi connectivity index (χ0v) is 12.4. The Bertz CT molecular complexity index is 276. The summed E-state index contributed by atoms with van der Waals surface area (Å²) in [7, 11) is 0. The van der Waals surface area contributed by atoms with Crippen molar-refractivity contribution in [2.45, 2.75) is 50.7 Å². The molecule has 1 N–H and O–H groups in total. The second kappa shape index (κ2) is 8.12. The van der Waals surface area contributed by atoms with E-state index in [0.29, 0.717) is 12.5 Å². The average Bonchev–Trinajstić information content (AvgIpc) is 3.09. The second-order valence-electron chi connectivity index (χ2n) is 5.38. The Labute approximate surface area is 119 Å². The van der Waals surface area contributed by atoms with Gasteiger partial charge in [0.05, 0.1) is 6.10 Å². The van der Waals surface area contributed by atoms with Crippen LogP contribution in [0.2, 0.25) is 0 Å². The molecule has 2 unspecified atom stereocenters. The van der Waals surface area contributed by atoms with E-state index in [9.17, 15) is 4.79 Å². The number of aliphatic hydroxyl groups is 1. The molecule has 4 nitrogen and oxygen atoms in total. The van der Waals surface area contributed by atoms with E-state index in [0.717, 1.165) is 56.8 Å². The summed E-state index contributed by atoms with van der Waals surface area (Å²) in [6.45, 7) is 1.79. The van der Waals surface area contributed by atoms with Gasteiger partial charge in [-0.05, 0) is 37.9 Å². The lowest BCUT2D eigenvalue weighted by Crippen LogP contribution is -2.44. The van der Waals surface area contributed by atoms with Gasteiger partial charge in [0.25, 0.3) is 0 Å². The van der Waals surface area contributed by atoms with Crippen LogP contribution in [0.25, 0.3) is 0 Å². The molecule has 0 aromatic rings. The predicted molar refractivity (Wildman–Crippen MR) is 77.4 cm³/mol. The highest BCUT2D eigenvalue weighted by Crippen LogP contribution is 2.25. The number of amides is 1. The van der Waals surface area contributed by atoms with E-state index in [4.69, 9.17) is 9.84 Å². The molecule has 2 rings (SSSR count). The number of hydrogen-bond acceptors (Lipinski definition) is 4. The molecular weight excluding hydrogens is 262 g/mol. The van der Waals surface area contributed by atoms with Crippen LogP contribution in [0.1, 0.15) is 38.5 Å². The largest absolute Gasteiger partial charge is 0.396 e. The van der Waals surface area contributed by atoms with Gasteiger partial charge in [0.15, 0.2) is 0 Å². The van der Waals surface area contributed by atoms with E-state index in [1.54, 1.807) is 0 Å². The predicted octanol–water partition coefficient (Wildman–Crippen LogP) is 1.66. The van der Waals surface area contributed by atoms with Crippen LogP contribution in [0.15, 0.2) is 0 Å². The Balaban J connectivity index is 1.86. The minimum absolute atomic E-state index is 0.179. The maximum absolute atomic E-state index is 12.4. The Hall–Kier alpha value is -0.260. The minimum atomic E-state index is 0.179. The fourth-order valence-corrected chi connectivity index (χ4v) is 3.99. The molecular formula is C14H25NO3S. The lowest BCUT2D eigenvalue weighted by atomic mass is 10.1. The summed E-state index contributed by atoms with van der Waals surface area (Å²) in [6, 6.07) is 0.399. The van der Waals surface area contributed by atoms with Crippen molar-refractivity contribution in [1.82, 2.24) is 4.90 Å². The molecule has 0 bridgehead atoms. The van der Waals surface area contributed by atoms with Gasteiger partial charge in [0.2, 0.25) is 5.91 Å². The van der Waals surface area contributed by atoms with Crippen LogP contribution in [0.4, 0.5) is 0 Å². The summed E-state index contributed by atoms with van der Waals surface area (Å²) in [5, 5.41) is 8.81. The van der Waals surface area contributed by atoms with Gasteiger partial charge >= 0.3 is 0 Å². The molecule has 0 saturated carbocycles. The van der Waals surface area contributed by atoms with Crippen molar-refractivity contribution in [1.29, 1.82) is 0 Å². The second-order valence-corrected chi connectivity index (χ2v) is 6.53. The van der Waals surface area contributed by atoms with Gasteiger partial charge in [-0.25, -0.2) is 0 Å². The standard InChI is InChI=1S/C14H25NO3S/c16-7-2-1-5-14(17)15(12-6-9-19-11-12)10-13-4-3-8-18-13/h12-13,16H,1-11H2. The maximum atomic E-state index is 12.4. The Morgan fingerprint density at radius 1 is 1.37 bits per heavy atom. The number of carbonyl (C=O) groups is 1. The first kappa shape index (κ1) is 15.1. The zero-order valence-electron chi connectivity index (χ0n) is 11.6. The molecule has 0 aliphatic carbocycles. The van der Waals surface area contributed by atoms with Crippen molar-refractivity contribution in [3.8, 4) is 0 Å². The van der Waals surface area contributed by atoms with E-state index >= 15 is 0 Å². The van der Waals surface area contributed by atoms with Crippen LogP contribution in [0.3, 0.4) is 0 Å². The number of thioether (sulfide) groups is 1. The number of carbonyl (C=O) groups excluding carboxylic acids is 1. The van der Waals surface area contributed by atoms with Crippen molar-refractivity contribution >= 4 is 17.7 Å². The van der Waals surface area contributed by atoms with Crippen LogP contribution in [0.5, 0.6) is 0 Å². The smallest absolute Gasteiger partial charge is 0.222 e. The third-order valence-electron chi connectivity index (χ3n) is 3.89. The van der Waals surface area contributed by atoms with Crippen molar-refractivity contribution in [2.24, 2.45) is 0 Å². The highest BCUT2D eigenvalue weighted by molar-refractivity contribution is 7.99. The van der Waals surface area contributed by atoms with Crippen molar-refractivity contribution < 1.29 is 14.6 Å². The van der Waals surface area contributed by atoms with Gasteiger partial charge in [0.1, 0.15) is 0 Å². The van der Waals surface area contributed by atoms with Crippen LogP contribution in [-0.4, -0.2) is 59.3 Å². The highest BCUT2D eigenvalue weighted by atomic mass is 32.2. The Kier molecular flexibility index (Phi) is 6.47. The first-order chi connectivity index (χ1) is 9.31. The quantitative estimate of drug-likeness (QED) is 0.724. The fraction of sp³-hybridized carbons (Fsp3) is 0.929. The molecule has 0 aromatic carbocycles. The summed E-state index contributed by atoms with van der Waals surface area (Å²) < 4.78 is 5.68. The van der Waals surface area contributed by atoms with E-state index in [1.807, 2.05) is 11.8 Å². The summed E-state index contributed by atoms with van der Waals surface area (Å²) in [4.78, 5) is 14.4. The molecule has 2 aliphatic heterocycles. The fourth-order valence-electron chi connectivity index (χ4n) is 2.76. The monoisotopic (exact) mass is 287 g/mol. The van der Waals surface area contributed by atoms with Crippen LogP contribution < -0.4 is 0 Å². The molecule has 5 heteroatoms. The molecule has 2 fully saturated rings. The highest BCUT2D eigenvalue weighted by Gasteiger charge is 2.30. The topological polar surface area (TPSA) is 49.8 Å². The lowest BCUT2D eigenvalue weighted by molar-refractivity contribution is -0.135. The molecule has 2 saturated heterocycles. The molecule has 19 heavy (non-hydrogen) atoms.